The van der Waals surface area contributed by atoms with Crippen LogP contribution in [-0.2, 0) is 0 Å². The van der Waals surface area contributed by atoms with E-state index in [1.54, 1.807) is 11.8 Å². The van der Waals surface area contributed by atoms with Crippen LogP contribution in [0.1, 0.15) is 0 Å². The smallest absolute Gasteiger partial charge is 0.202 e. The number of rotatable bonds is 5. The van der Waals surface area contributed by atoms with Gasteiger partial charge in [0.1, 0.15) is 0 Å². The molecule has 0 atom stereocenters. The van der Waals surface area contributed by atoms with Gasteiger partial charge < -0.3 is 5.11 Å². The van der Waals surface area contributed by atoms with Gasteiger partial charge in [-0.1, -0.05) is 84.6 Å². The number of fused-ring (bicyclic) bond motifs is 3. The molecule has 4 nitrogen and oxygen atoms in total. The Labute approximate surface area is 167 Å². The molecule has 2 aromatic heterocycles. The summed E-state index contributed by atoms with van der Waals surface area (Å²) in [7, 11) is 0. The summed E-state index contributed by atoms with van der Waals surface area (Å²) in [5.41, 5.74) is 6.83. The molecule has 28 heavy (non-hydrogen) atoms. The number of aliphatic hydroxyl groups is 1. The first kappa shape index (κ1) is 17.1. The van der Waals surface area contributed by atoms with Crippen molar-refractivity contribution in [3.8, 4) is 22.4 Å². The molecule has 138 valence electrons. The number of nitrogens with zero attached hydrogens (tertiary/aromatic N) is 2. The minimum Gasteiger partial charge on any atom is -0.396 e. The van der Waals surface area contributed by atoms with E-state index in [-0.39, 0.29) is 6.61 Å². The van der Waals surface area contributed by atoms with Gasteiger partial charge in [0.25, 0.3) is 0 Å². The highest BCUT2D eigenvalue weighted by Gasteiger charge is 2.29. The third-order valence-corrected chi connectivity index (χ3v) is 5.89. The molecule has 0 radical (unpaired) electrons. The summed E-state index contributed by atoms with van der Waals surface area (Å²) in [6, 6.07) is 29.3. The highest BCUT2D eigenvalue weighted by molar-refractivity contribution is 7.99. The average molecular weight is 387 g/mol. The lowest BCUT2D eigenvalue weighted by Gasteiger charge is -2.05. The van der Waals surface area contributed by atoms with Crippen molar-refractivity contribution >= 4 is 22.8 Å². The Morgan fingerprint density at radius 2 is 1.46 bits per heavy atom. The molecule has 5 heteroatoms. The molecular weight excluding hydrogens is 366 g/mol. The van der Waals surface area contributed by atoms with E-state index in [1.807, 2.05) is 18.2 Å². The van der Waals surface area contributed by atoms with Gasteiger partial charge in [0.15, 0.2) is 16.2 Å². The maximum atomic E-state index is 9.48. The second-order valence-electron chi connectivity index (χ2n) is 6.59. The molecule has 0 fully saturated rings. The number of benzene rings is 3. The lowest BCUT2D eigenvalue weighted by Crippen LogP contribution is -2.28. The van der Waals surface area contributed by atoms with Crippen molar-refractivity contribution in [1.82, 2.24) is 9.73 Å². The van der Waals surface area contributed by atoms with Crippen molar-refractivity contribution < 1.29 is 9.62 Å². The van der Waals surface area contributed by atoms with Crippen molar-refractivity contribution in [3.63, 3.8) is 0 Å². The number of hydrogen-bond donors (Lipinski definition) is 2. The van der Waals surface area contributed by atoms with Gasteiger partial charge in [-0.3, -0.25) is 0 Å². The van der Waals surface area contributed by atoms with Crippen LogP contribution < -0.4 is 4.52 Å². The summed E-state index contributed by atoms with van der Waals surface area (Å²) in [5, 5.41) is 14.1. The maximum Gasteiger partial charge on any atom is 0.202 e. The molecule has 0 aliphatic rings. The van der Waals surface area contributed by atoms with Crippen molar-refractivity contribution in [2.75, 3.05) is 12.4 Å². The molecule has 0 bridgehead atoms. The van der Waals surface area contributed by atoms with E-state index in [2.05, 4.69) is 81.0 Å². The van der Waals surface area contributed by atoms with Gasteiger partial charge in [0.05, 0.1) is 12.2 Å². The van der Waals surface area contributed by atoms with E-state index in [9.17, 15) is 5.11 Å². The minimum atomic E-state index is 0.137. The SMILES string of the molecule is OCCSc1c(-c2ccccc2)c(-c2ccccc2)[n+]2c3ccccc3[nH]n12. The van der Waals surface area contributed by atoms with Crippen LogP contribution in [-0.4, -0.2) is 27.2 Å². The first-order valence-corrected chi connectivity index (χ1v) is 10.3. The molecular formula is C23H20N3OS+. The summed E-state index contributed by atoms with van der Waals surface area (Å²) in [6.07, 6.45) is 0. The molecule has 5 aromatic rings. The fraction of sp³-hybridized carbons (Fsp3) is 0.0870. The molecule has 0 amide bonds. The van der Waals surface area contributed by atoms with Crippen LogP contribution in [0.25, 0.3) is 33.4 Å². The Hall–Kier alpha value is -3.02. The van der Waals surface area contributed by atoms with Crippen molar-refractivity contribution in [2.45, 2.75) is 5.03 Å². The van der Waals surface area contributed by atoms with Crippen LogP contribution in [0.2, 0.25) is 0 Å². The Morgan fingerprint density at radius 3 is 2.18 bits per heavy atom. The zero-order valence-corrected chi connectivity index (χ0v) is 16.1. The number of hydrogen-bond acceptors (Lipinski definition) is 2. The molecule has 2 heterocycles. The van der Waals surface area contributed by atoms with Gasteiger partial charge in [-0.05, 0) is 22.3 Å². The third-order valence-electron chi connectivity index (χ3n) is 4.85. The number of aromatic nitrogens is 3. The lowest BCUT2D eigenvalue weighted by atomic mass is 10.0. The number of nitrogens with one attached hydrogen (secondary N) is 1. The number of aromatic amines is 1. The molecule has 2 N–H and O–H groups in total. The first-order valence-electron chi connectivity index (χ1n) is 9.30. The quantitative estimate of drug-likeness (QED) is 0.347. The molecule has 0 spiro atoms. The van der Waals surface area contributed by atoms with Gasteiger partial charge in [0, 0.05) is 11.3 Å². The van der Waals surface area contributed by atoms with E-state index in [0.717, 1.165) is 32.9 Å². The topological polar surface area (TPSA) is 44.5 Å². The Bertz CT molecular complexity index is 1240. The van der Waals surface area contributed by atoms with Crippen molar-refractivity contribution in [2.24, 2.45) is 0 Å². The molecule has 0 unspecified atom stereocenters. The van der Waals surface area contributed by atoms with E-state index in [0.29, 0.717) is 5.75 Å². The molecule has 0 saturated carbocycles. The summed E-state index contributed by atoms with van der Waals surface area (Å²) in [6.45, 7) is 0.137. The first-order chi connectivity index (χ1) is 13.9. The summed E-state index contributed by atoms with van der Waals surface area (Å²) in [4.78, 5) is 0. The predicted octanol–water partition coefficient (Wildman–Crippen LogP) is 4.42. The van der Waals surface area contributed by atoms with E-state index < -0.39 is 0 Å². The van der Waals surface area contributed by atoms with E-state index in [4.69, 9.17) is 0 Å². The number of para-hydroxylation sites is 2. The number of H-pyrrole nitrogens is 1. The summed E-state index contributed by atoms with van der Waals surface area (Å²) in [5.74, 6) is 0.635. The summed E-state index contributed by atoms with van der Waals surface area (Å²) < 4.78 is 4.35. The zero-order valence-electron chi connectivity index (χ0n) is 15.2. The van der Waals surface area contributed by atoms with Crippen LogP contribution in [0.4, 0.5) is 0 Å². The lowest BCUT2D eigenvalue weighted by molar-refractivity contribution is -0.585. The average Bonchev–Trinajstić information content (AvgIpc) is 3.28. The van der Waals surface area contributed by atoms with E-state index >= 15 is 0 Å². The van der Waals surface area contributed by atoms with Crippen LogP contribution >= 0.6 is 11.8 Å². The second-order valence-corrected chi connectivity index (χ2v) is 7.67. The summed E-state index contributed by atoms with van der Waals surface area (Å²) >= 11 is 1.66. The zero-order chi connectivity index (χ0) is 18.9. The Kier molecular flexibility index (Phi) is 4.39. The highest BCUT2D eigenvalue weighted by atomic mass is 32.2. The second kappa shape index (κ2) is 7.19. The van der Waals surface area contributed by atoms with Gasteiger partial charge in [0.2, 0.25) is 5.52 Å². The monoisotopic (exact) mass is 386 g/mol. The highest BCUT2D eigenvalue weighted by Crippen LogP contribution is 2.38. The van der Waals surface area contributed by atoms with Gasteiger partial charge >= 0.3 is 0 Å². The van der Waals surface area contributed by atoms with E-state index in [1.165, 1.54) is 5.56 Å². The fourth-order valence-electron chi connectivity index (χ4n) is 3.70. The largest absolute Gasteiger partial charge is 0.396 e. The molecule has 5 rings (SSSR count). The molecule has 3 aromatic carbocycles. The van der Waals surface area contributed by atoms with Crippen molar-refractivity contribution in [3.05, 3.63) is 84.9 Å². The maximum absolute atomic E-state index is 9.48. The minimum absolute atomic E-state index is 0.137. The van der Waals surface area contributed by atoms with Crippen LogP contribution in [0.3, 0.4) is 0 Å². The number of aliphatic hydroxyl groups excluding tert-OH is 1. The fourth-order valence-corrected chi connectivity index (χ4v) is 4.60. The molecule has 0 saturated heterocycles. The van der Waals surface area contributed by atoms with Gasteiger partial charge in [-0.2, -0.15) is 5.10 Å². The molecule has 0 aliphatic carbocycles. The normalized spacial score (nSPS) is 11.5. The Balaban J connectivity index is 1.94. The predicted molar refractivity (Wildman–Crippen MR) is 114 cm³/mol. The number of thioether (sulfide) groups is 1. The van der Waals surface area contributed by atoms with Crippen LogP contribution in [0.5, 0.6) is 0 Å². The van der Waals surface area contributed by atoms with Crippen LogP contribution in [0, 0.1) is 0 Å². The standard InChI is InChI=1S/C23H20N3OS/c27-15-16-28-23-21(17-9-3-1-4-10-17)22(18-11-5-2-6-12-18)25-20-14-8-7-13-19(20)24-26(23)25/h1-14,24,27H,15-16H2/q+1. The third kappa shape index (κ3) is 2.71. The van der Waals surface area contributed by atoms with Gasteiger partial charge in [-0.25, -0.2) is 0 Å². The van der Waals surface area contributed by atoms with Crippen molar-refractivity contribution in [1.29, 1.82) is 0 Å². The van der Waals surface area contributed by atoms with Crippen LogP contribution in [0.15, 0.2) is 90.0 Å². The Morgan fingerprint density at radius 1 is 0.821 bits per heavy atom. The molecule has 0 aliphatic heterocycles. The van der Waals surface area contributed by atoms with Gasteiger partial charge in [-0.15, -0.1) is 4.52 Å².